The summed E-state index contributed by atoms with van der Waals surface area (Å²) in [5.41, 5.74) is 2.50. The lowest BCUT2D eigenvalue weighted by Gasteiger charge is -2.39. The number of unbranched alkanes of at least 4 members (excludes halogenated alkanes) is 1. The summed E-state index contributed by atoms with van der Waals surface area (Å²) in [7, 11) is 1.61. The van der Waals surface area contributed by atoms with E-state index in [4.69, 9.17) is 37.7 Å². The highest BCUT2D eigenvalue weighted by atomic mass is 35.5. The topological polar surface area (TPSA) is 86.7 Å². The summed E-state index contributed by atoms with van der Waals surface area (Å²) >= 11 is 12.6. The molecule has 0 saturated carbocycles. The van der Waals surface area contributed by atoms with Gasteiger partial charge in [-0.2, -0.15) is 0 Å². The van der Waals surface area contributed by atoms with Gasteiger partial charge < -0.3 is 19.7 Å². The van der Waals surface area contributed by atoms with Crippen LogP contribution in [0.25, 0.3) is 0 Å². The lowest BCUT2D eigenvalue weighted by molar-refractivity contribution is -0.122. The molecule has 2 atom stereocenters. The molecule has 0 spiro atoms. The average Bonchev–Trinajstić information content (AvgIpc) is 3.45. The van der Waals surface area contributed by atoms with Gasteiger partial charge in [0.1, 0.15) is 23.4 Å². The van der Waals surface area contributed by atoms with Gasteiger partial charge in [-0.15, -0.1) is 0 Å². The number of hydrogen-bond donors (Lipinski definition) is 1. The van der Waals surface area contributed by atoms with Crippen molar-refractivity contribution in [3.8, 4) is 11.5 Å². The second kappa shape index (κ2) is 15.9. The molecule has 47 heavy (non-hydrogen) atoms. The summed E-state index contributed by atoms with van der Waals surface area (Å²) in [6.45, 7) is 9.13. The van der Waals surface area contributed by atoms with E-state index >= 15 is 0 Å². The monoisotopic (exact) mass is 679 g/mol. The Morgan fingerprint density at radius 3 is 2.17 bits per heavy atom. The Morgan fingerprint density at radius 1 is 0.936 bits per heavy atom. The predicted molar refractivity (Wildman–Crippen MR) is 187 cm³/mol. The number of methoxy groups -OCH3 is 1. The fourth-order valence-electron chi connectivity index (χ4n) is 5.93. The van der Waals surface area contributed by atoms with Crippen LogP contribution in [0.2, 0.25) is 10.0 Å². The van der Waals surface area contributed by atoms with Gasteiger partial charge in [-0.05, 0) is 67.8 Å². The highest BCUT2D eigenvalue weighted by Gasteiger charge is 2.45. The molecule has 0 radical (unpaired) electrons. The Hall–Kier alpha value is -3.79. The minimum Gasteiger partial charge on any atom is -0.497 e. The minimum atomic E-state index is -0.479. The van der Waals surface area contributed by atoms with Crippen molar-refractivity contribution in [2.24, 2.45) is 4.99 Å². The van der Waals surface area contributed by atoms with E-state index in [9.17, 15) is 9.59 Å². The van der Waals surface area contributed by atoms with Gasteiger partial charge in [0, 0.05) is 48.8 Å². The van der Waals surface area contributed by atoms with Crippen molar-refractivity contribution in [1.29, 1.82) is 0 Å². The van der Waals surface area contributed by atoms with E-state index in [0.29, 0.717) is 72.2 Å². The first kappa shape index (κ1) is 34.5. The number of nitrogens with zero attached hydrogens (tertiary/aromatic N) is 4. The van der Waals surface area contributed by atoms with Gasteiger partial charge in [-0.25, -0.2) is 4.79 Å². The summed E-state index contributed by atoms with van der Waals surface area (Å²) < 4.78 is 11.8. The number of ether oxygens (including phenoxy) is 2. The van der Waals surface area contributed by atoms with Gasteiger partial charge in [0.25, 0.3) is 0 Å². The smallest absolute Gasteiger partial charge is 0.326 e. The lowest BCUT2D eigenvalue weighted by Crippen LogP contribution is -2.55. The second-order valence-electron chi connectivity index (χ2n) is 12.1. The van der Waals surface area contributed by atoms with Gasteiger partial charge in [-0.3, -0.25) is 19.6 Å². The maximum absolute atomic E-state index is 14.8. The zero-order valence-corrected chi connectivity index (χ0v) is 28.9. The van der Waals surface area contributed by atoms with Crippen molar-refractivity contribution in [2.75, 3.05) is 46.4 Å². The van der Waals surface area contributed by atoms with E-state index in [1.807, 2.05) is 85.5 Å². The first-order chi connectivity index (χ1) is 22.7. The summed E-state index contributed by atoms with van der Waals surface area (Å²) in [6, 6.07) is 19.7. The van der Waals surface area contributed by atoms with E-state index < -0.39 is 12.1 Å². The van der Waals surface area contributed by atoms with E-state index in [2.05, 4.69) is 17.1 Å². The summed E-state index contributed by atoms with van der Waals surface area (Å²) in [5.74, 6) is 1.73. The van der Waals surface area contributed by atoms with Gasteiger partial charge >= 0.3 is 6.03 Å². The van der Waals surface area contributed by atoms with Crippen molar-refractivity contribution in [1.82, 2.24) is 20.0 Å². The quantitative estimate of drug-likeness (QED) is 0.221. The number of carbonyl (C=O) groups is 2. The number of amidine groups is 1. The van der Waals surface area contributed by atoms with Crippen LogP contribution < -0.4 is 14.8 Å². The standard InChI is InChI=1S/C36H43Cl2N5O4/c1-5-6-17-39-32(44)23-41-18-20-42(21-19-41)36(45)43-34(26-9-13-28(38)14-10-26)33(25-7-11-27(37)12-8-25)40-35(43)30-16-15-29(46-4)22-31(30)47-24(2)3/h7-16,22,24,33-34H,5-6,17-21,23H2,1-4H3,(H,39,44)/t33-,34+/m0/s1. The van der Waals surface area contributed by atoms with Gasteiger partial charge in [0.2, 0.25) is 5.91 Å². The van der Waals surface area contributed by atoms with Crippen LogP contribution >= 0.6 is 23.2 Å². The predicted octanol–water partition coefficient (Wildman–Crippen LogP) is 6.99. The number of aliphatic imine (C=N–C) groups is 1. The number of halogens is 2. The zero-order valence-electron chi connectivity index (χ0n) is 27.4. The van der Waals surface area contributed by atoms with Gasteiger partial charge in [-0.1, -0.05) is 60.8 Å². The number of hydrogen-bond acceptors (Lipinski definition) is 6. The number of benzene rings is 3. The fraction of sp³-hybridized carbons (Fsp3) is 0.417. The number of carbonyl (C=O) groups excluding carboxylic acids is 2. The van der Waals surface area contributed by atoms with Gasteiger partial charge in [0.15, 0.2) is 0 Å². The Morgan fingerprint density at radius 2 is 1.57 bits per heavy atom. The van der Waals surface area contributed by atoms with E-state index in [1.54, 1.807) is 12.0 Å². The number of amides is 3. The molecule has 3 aromatic rings. The van der Waals surface area contributed by atoms with Crippen LogP contribution in [0.4, 0.5) is 4.79 Å². The maximum atomic E-state index is 14.8. The van der Waals surface area contributed by atoms with Crippen molar-refractivity contribution in [3.63, 3.8) is 0 Å². The van der Waals surface area contributed by atoms with Crippen LogP contribution in [0, 0.1) is 0 Å². The van der Waals surface area contributed by atoms with Crippen LogP contribution in [0.15, 0.2) is 71.7 Å². The number of nitrogens with one attached hydrogen (secondary N) is 1. The molecule has 1 N–H and O–H groups in total. The Bertz CT molecular complexity index is 1560. The molecule has 1 fully saturated rings. The largest absolute Gasteiger partial charge is 0.497 e. The molecule has 2 aliphatic heterocycles. The molecular formula is C36H43Cl2N5O4. The summed E-state index contributed by atoms with van der Waals surface area (Å²) in [4.78, 5) is 38.3. The van der Waals surface area contributed by atoms with E-state index in [-0.39, 0.29) is 18.0 Å². The zero-order chi connectivity index (χ0) is 33.5. The minimum absolute atomic E-state index is 0.0120. The van der Waals surface area contributed by atoms with Crippen molar-refractivity contribution in [3.05, 3.63) is 93.5 Å². The highest BCUT2D eigenvalue weighted by molar-refractivity contribution is 6.30. The molecule has 9 nitrogen and oxygen atoms in total. The van der Waals surface area contributed by atoms with Crippen LogP contribution in [-0.2, 0) is 4.79 Å². The van der Waals surface area contributed by atoms with E-state index in [1.165, 1.54) is 0 Å². The molecular weight excluding hydrogens is 637 g/mol. The normalized spacial score (nSPS) is 18.3. The lowest BCUT2D eigenvalue weighted by atomic mass is 9.93. The number of piperazine rings is 1. The molecule has 3 amide bonds. The van der Waals surface area contributed by atoms with Crippen LogP contribution in [0.3, 0.4) is 0 Å². The molecule has 0 unspecified atom stereocenters. The Labute approximate surface area is 287 Å². The molecule has 3 aromatic carbocycles. The van der Waals surface area contributed by atoms with Gasteiger partial charge in [0.05, 0.1) is 31.4 Å². The maximum Gasteiger partial charge on any atom is 0.326 e. The third kappa shape index (κ3) is 8.39. The summed E-state index contributed by atoms with van der Waals surface area (Å²) in [5, 5.41) is 4.21. The van der Waals surface area contributed by atoms with Crippen LogP contribution in [0.5, 0.6) is 11.5 Å². The molecule has 250 valence electrons. The van der Waals surface area contributed by atoms with Crippen molar-refractivity contribution >= 4 is 41.0 Å². The molecule has 1 saturated heterocycles. The second-order valence-corrected chi connectivity index (χ2v) is 13.0. The number of rotatable bonds is 11. The van der Waals surface area contributed by atoms with Crippen LogP contribution in [-0.4, -0.2) is 85.0 Å². The first-order valence-corrected chi connectivity index (χ1v) is 16.9. The molecule has 11 heteroatoms. The molecule has 2 heterocycles. The van der Waals surface area contributed by atoms with Crippen LogP contribution in [0.1, 0.15) is 62.4 Å². The third-order valence-corrected chi connectivity index (χ3v) is 8.85. The Kier molecular flexibility index (Phi) is 11.7. The molecule has 0 bridgehead atoms. The fourth-order valence-corrected chi connectivity index (χ4v) is 6.19. The third-order valence-electron chi connectivity index (χ3n) is 8.35. The average molecular weight is 681 g/mol. The molecule has 5 rings (SSSR count). The SMILES string of the molecule is CCCCNC(=O)CN1CCN(C(=O)N2C(c3ccc(OC)cc3OC(C)C)=N[C@@H](c3ccc(Cl)cc3)[C@H]2c2ccc(Cl)cc2)CC1. The number of urea groups is 1. The van der Waals surface area contributed by atoms with Crippen molar-refractivity contribution < 1.29 is 19.1 Å². The summed E-state index contributed by atoms with van der Waals surface area (Å²) in [6.07, 6.45) is 1.86. The van der Waals surface area contributed by atoms with Crippen molar-refractivity contribution in [2.45, 2.75) is 51.8 Å². The molecule has 2 aliphatic rings. The van der Waals surface area contributed by atoms with E-state index in [0.717, 1.165) is 24.0 Å². The molecule has 0 aromatic heterocycles. The Balaban J connectivity index is 1.53. The highest BCUT2D eigenvalue weighted by Crippen LogP contribution is 2.46. The molecule has 0 aliphatic carbocycles. The first-order valence-electron chi connectivity index (χ1n) is 16.2.